The molecule has 100 valence electrons. The van der Waals surface area contributed by atoms with Gasteiger partial charge in [0.05, 0.1) is 10.7 Å². The van der Waals surface area contributed by atoms with Gasteiger partial charge in [-0.1, -0.05) is 47.5 Å². The van der Waals surface area contributed by atoms with E-state index in [1.54, 1.807) is 0 Å². The Labute approximate surface area is 123 Å². The van der Waals surface area contributed by atoms with Crippen molar-refractivity contribution in [3.8, 4) is 0 Å². The Bertz CT molecular complexity index is 570. The molecule has 0 aromatic heterocycles. The third-order valence-corrected chi connectivity index (χ3v) is 3.52. The molecule has 0 unspecified atom stereocenters. The lowest BCUT2D eigenvalue weighted by Crippen LogP contribution is -2.19. The lowest BCUT2D eigenvalue weighted by atomic mass is 10.1. The maximum Gasteiger partial charge on any atom is 0.0642 e. The smallest absolute Gasteiger partial charge is 0.0642 e. The first kappa shape index (κ1) is 14.2. The maximum atomic E-state index is 6.28. The summed E-state index contributed by atoms with van der Waals surface area (Å²) in [6, 6.07) is 13.6. The van der Waals surface area contributed by atoms with Crippen LogP contribution >= 0.6 is 23.2 Å². The van der Waals surface area contributed by atoms with Crippen LogP contribution in [0.25, 0.3) is 0 Å². The van der Waals surface area contributed by atoms with E-state index in [9.17, 15) is 0 Å². The van der Waals surface area contributed by atoms with Gasteiger partial charge in [0.25, 0.3) is 0 Å². The molecule has 0 aliphatic rings. The topological polar surface area (TPSA) is 29.3 Å². The quantitative estimate of drug-likeness (QED) is 0.920. The zero-order valence-electron chi connectivity index (χ0n) is 10.7. The second kappa shape index (κ2) is 6.29. The molecule has 4 heteroatoms. The molecule has 0 saturated heterocycles. The van der Waals surface area contributed by atoms with E-state index in [4.69, 9.17) is 28.9 Å². The average Bonchev–Trinajstić information content (AvgIpc) is 2.38. The van der Waals surface area contributed by atoms with Crippen molar-refractivity contribution in [3.05, 3.63) is 63.6 Å². The zero-order valence-corrected chi connectivity index (χ0v) is 12.2. The molecule has 0 spiro atoms. The van der Waals surface area contributed by atoms with Gasteiger partial charge < -0.3 is 10.6 Å². The normalized spacial score (nSPS) is 10.5. The Morgan fingerprint density at radius 1 is 1.11 bits per heavy atom. The Morgan fingerprint density at radius 2 is 1.84 bits per heavy atom. The average molecular weight is 295 g/mol. The van der Waals surface area contributed by atoms with Crippen molar-refractivity contribution < 1.29 is 0 Å². The molecule has 0 aliphatic carbocycles. The molecular weight excluding hydrogens is 279 g/mol. The van der Waals surface area contributed by atoms with Crippen molar-refractivity contribution in [2.24, 2.45) is 5.73 Å². The van der Waals surface area contributed by atoms with Crippen molar-refractivity contribution >= 4 is 28.9 Å². The van der Waals surface area contributed by atoms with Crippen molar-refractivity contribution in [1.82, 2.24) is 0 Å². The summed E-state index contributed by atoms with van der Waals surface area (Å²) in [5.41, 5.74) is 8.92. The molecule has 2 rings (SSSR count). The summed E-state index contributed by atoms with van der Waals surface area (Å²) in [7, 11) is 2.00. The van der Waals surface area contributed by atoms with E-state index < -0.39 is 0 Å². The Kier molecular flexibility index (Phi) is 4.70. The van der Waals surface area contributed by atoms with Crippen LogP contribution in [0.4, 0.5) is 5.69 Å². The molecule has 0 bridgehead atoms. The molecule has 0 saturated carbocycles. The molecule has 0 heterocycles. The highest BCUT2D eigenvalue weighted by Crippen LogP contribution is 2.30. The number of halogens is 2. The van der Waals surface area contributed by atoms with E-state index in [1.165, 1.54) is 0 Å². The minimum Gasteiger partial charge on any atom is -0.369 e. The highest BCUT2D eigenvalue weighted by Gasteiger charge is 2.11. The molecule has 0 amide bonds. The van der Waals surface area contributed by atoms with Crippen LogP contribution in [0.3, 0.4) is 0 Å². The molecular formula is C15H16Cl2N2. The summed E-state index contributed by atoms with van der Waals surface area (Å²) in [6.07, 6.45) is 0. The second-order valence-electron chi connectivity index (χ2n) is 4.44. The Balaban J connectivity index is 2.27. The monoisotopic (exact) mass is 294 g/mol. The first-order chi connectivity index (χ1) is 9.11. The fourth-order valence-corrected chi connectivity index (χ4v) is 2.69. The number of para-hydroxylation sites is 1. The predicted molar refractivity (Wildman–Crippen MR) is 82.9 cm³/mol. The van der Waals surface area contributed by atoms with Gasteiger partial charge in [-0.15, -0.1) is 0 Å². The molecule has 0 atom stereocenters. The number of anilines is 1. The Hall–Kier alpha value is -1.22. The van der Waals surface area contributed by atoms with Gasteiger partial charge in [0.1, 0.15) is 0 Å². The molecule has 0 fully saturated rings. The molecule has 0 aliphatic heterocycles. The van der Waals surface area contributed by atoms with Crippen LogP contribution in [0.5, 0.6) is 0 Å². The fourth-order valence-electron chi connectivity index (χ4n) is 2.14. The van der Waals surface area contributed by atoms with Gasteiger partial charge in [-0.05, 0) is 29.3 Å². The number of hydrogen-bond donors (Lipinski definition) is 1. The highest BCUT2D eigenvalue weighted by atomic mass is 35.5. The summed E-state index contributed by atoms with van der Waals surface area (Å²) in [5.74, 6) is 0. The van der Waals surface area contributed by atoms with Crippen LogP contribution in [-0.2, 0) is 13.1 Å². The van der Waals surface area contributed by atoms with Gasteiger partial charge in [-0.3, -0.25) is 0 Å². The molecule has 19 heavy (non-hydrogen) atoms. The summed E-state index contributed by atoms with van der Waals surface area (Å²) < 4.78 is 0. The number of benzene rings is 2. The van der Waals surface area contributed by atoms with Crippen molar-refractivity contribution in [2.45, 2.75) is 13.1 Å². The first-order valence-electron chi connectivity index (χ1n) is 6.05. The van der Waals surface area contributed by atoms with Gasteiger partial charge >= 0.3 is 0 Å². The minimum atomic E-state index is 0.468. The van der Waals surface area contributed by atoms with E-state index in [0.29, 0.717) is 11.6 Å². The lowest BCUT2D eigenvalue weighted by Gasteiger charge is -2.23. The van der Waals surface area contributed by atoms with Crippen molar-refractivity contribution in [2.75, 3.05) is 11.9 Å². The largest absolute Gasteiger partial charge is 0.369 e. The van der Waals surface area contributed by atoms with Crippen molar-refractivity contribution in [3.63, 3.8) is 0 Å². The van der Waals surface area contributed by atoms with E-state index >= 15 is 0 Å². The van der Waals surface area contributed by atoms with Crippen LogP contribution in [0, 0.1) is 0 Å². The van der Waals surface area contributed by atoms with Gasteiger partial charge in [0, 0.05) is 25.2 Å². The predicted octanol–water partition coefficient (Wildman–Crippen LogP) is 4.09. The van der Waals surface area contributed by atoms with Gasteiger partial charge in [-0.2, -0.15) is 0 Å². The molecule has 2 nitrogen and oxygen atoms in total. The molecule has 2 N–H and O–H groups in total. The van der Waals surface area contributed by atoms with E-state index in [-0.39, 0.29) is 0 Å². The van der Waals surface area contributed by atoms with E-state index in [0.717, 1.165) is 28.4 Å². The molecule has 0 radical (unpaired) electrons. The number of hydrogen-bond acceptors (Lipinski definition) is 2. The van der Waals surface area contributed by atoms with Crippen LogP contribution in [0.2, 0.25) is 10.0 Å². The maximum absolute atomic E-state index is 6.28. The SMILES string of the molecule is CN(Cc1cccc(Cl)c1)c1c(Cl)cccc1CN. The molecule has 2 aromatic carbocycles. The van der Waals surface area contributed by atoms with Crippen LogP contribution in [-0.4, -0.2) is 7.05 Å². The summed E-state index contributed by atoms with van der Waals surface area (Å²) in [4.78, 5) is 2.09. The first-order valence-corrected chi connectivity index (χ1v) is 6.80. The van der Waals surface area contributed by atoms with Gasteiger partial charge in [-0.25, -0.2) is 0 Å². The van der Waals surface area contributed by atoms with Crippen LogP contribution < -0.4 is 10.6 Å². The highest BCUT2D eigenvalue weighted by molar-refractivity contribution is 6.33. The van der Waals surface area contributed by atoms with E-state index in [1.807, 2.05) is 49.5 Å². The summed E-state index contributed by atoms with van der Waals surface area (Å²) in [6.45, 7) is 1.20. The molecule has 2 aromatic rings. The fraction of sp³-hybridized carbons (Fsp3) is 0.200. The van der Waals surface area contributed by atoms with Gasteiger partial charge in [0.2, 0.25) is 0 Å². The summed E-state index contributed by atoms with van der Waals surface area (Å²) >= 11 is 12.3. The van der Waals surface area contributed by atoms with Gasteiger partial charge in [0.15, 0.2) is 0 Å². The van der Waals surface area contributed by atoms with Crippen LogP contribution in [0.15, 0.2) is 42.5 Å². The second-order valence-corrected chi connectivity index (χ2v) is 5.28. The van der Waals surface area contributed by atoms with E-state index in [2.05, 4.69) is 4.90 Å². The Morgan fingerprint density at radius 3 is 2.53 bits per heavy atom. The third-order valence-electron chi connectivity index (χ3n) is 2.98. The number of rotatable bonds is 4. The summed E-state index contributed by atoms with van der Waals surface area (Å²) in [5, 5.41) is 1.46. The standard InChI is InChI=1S/C15H16Cl2N2/c1-19(10-11-4-2-6-13(16)8-11)15-12(9-18)5-3-7-14(15)17/h2-8H,9-10,18H2,1H3. The lowest BCUT2D eigenvalue weighted by molar-refractivity contribution is 0.904. The zero-order chi connectivity index (χ0) is 13.8. The number of nitrogens with zero attached hydrogens (tertiary/aromatic N) is 1. The number of nitrogens with two attached hydrogens (primary N) is 1. The van der Waals surface area contributed by atoms with Crippen molar-refractivity contribution in [1.29, 1.82) is 0 Å². The minimum absolute atomic E-state index is 0.468. The van der Waals surface area contributed by atoms with Crippen LogP contribution in [0.1, 0.15) is 11.1 Å². The third kappa shape index (κ3) is 3.41.